The molecular weight excluding hydrogens is 352 g/mol. The maximum absolute atomic E-state index is 12.8. The summed E-state index contributed by atoms with van der Waals surface area (Å²) in [6, 6.07) is 1.89. The highest BCUT2D eigenvalue weighted by Crippen LogP contribution is 2.41. The summed E-state index contributed by atoms with van der Waals surface area (Å²) in [6.07, 6.45) is 4.04. The fraction of sp³-hybridized carbons (Fsp3) is 0.733. The number of hydrogen-bond acceptors (Lipinski definition) is 5. The molecule has 0 spiro atoms. The SMILES string of the molecule is CCn1nc(NC(=O)C2(S(C)(=O)=O)CCNCC2)cc1C1CC1.Cl. The van der Waals surface area contributed by atoms with Gasteiger partial charge >= 0.3 is 0 Å². The molecule has 0 atom stereocenters. The Morgan fingerprint density at radius 3 is 2.54 bits per heavy atom. The van der Waals surface area contributed by atoms with Crippen molar-refractivity contribution in [1.29, 1.82) is 0 Å². The topological polar surface area (TPSA) is 93.1 Å². The van der Waals surface area contributed by atoms with Gasteiger partial charge in [0, 0.05) is 30.5 Å². The molecule has 1 aliphatic heterocycles. The third kappa shape index (κ3) is 3.45. The van der Waals surface area contributed by atoms with E-state index in [0.717, 1.165) is 31.3 Å². The molecular formula is C15H25ClN4O3S. The lowest BCUT2D eigenvalue weighted by molar-refractivity contribution is -0.119. The first-order chi connectivity index (χ1) is 10.9. The smallest absolute Gasteiger partial charge is 0.247 e. The van der Waals surface area contributed by atoms with Crippen LogP contribution in [0, 0.1) is 0 Å². The van der Waals surface area contributed by atoms with Gasteiger partial charge in [-0.15, -0.1) is 12.4 Å². The maximum Gasteiger partial charge on any atom is 0.247 e. The van der Waals surface area contributed by atoms with Gasteiger partial charge in [0.15, 0.2) is 20.4 Å². The Hall–Kier alpha value is -1.12. The second-order valence-electron chi connectivity index (χ2n) is 6.52. The molecule has 1 aliphatic carbocycles. The average Bonchev–Trinajstić information content (AvgIpc) is 3.28. The predicted molar refractivity (Wildman–Crippen MR) is 95.4 cm³/mol. The van der Waals surface area contributed by atoms with Gasteiger partial charge in [-0.25, -0.2) is 8.42 Å². The van der Waals surface area contributed by atoms with Crippen molar-refractivity contribution in [3.05, 3.63) is 11.8 Å². The van der Waals surface area contributed by atoms with Crippen LogP contribution < -0.4 is 10.6 Å². The average molecular weight is 377 g/mol. The normalized spacial score (nSPS) is 20.2. The van der Waals surface area contributed by atoms with E-state index in [9.17, 15) is 13.2 Å². The van der Waals surface area contributed by atoms with Crippen LogP contribution in [-0.4, -0.2) is 48.2 Å². The first-order valence-electron chi connectivity index (χ1n) is 8.17. The van der Waals surface area contributed by atoms with Gasteiger partial charge in [0.25, 0.3) is 0 Å². The Balaban J connectivity index is 0.00000208. The molecule has 0 aromatic carbocycles. The van der Waals surface area contributed by atoms with E-state index in [1.165, 1.54) is 0 Å². The number of carbonyl (C=O) groups is 1. The van der Waals surface area contributed by atoms with Gasteiger partial charge in [-0.05, 0) is 45.7 Å². The van der Waals surface area contributed by atoms with E-state index >= 15 is 0 Å². The zero-order chi connectivity index (χ0) is 16.7. The minimum atomic E-state index is -3.51. The van der Waals surface area contributed by atoms with Crippen LogP contribution in [0.4, 0.5) is 5.82 Å². The molecule has 1 amide bonds. The van der Waals surface area contributed by atoms with Gasteiger partial charge in [-0.1, -0.05) is 0 Å². The van der Waals surface area contributed by atoms with Gasteiger partial charge in [0.05, 0.1) is 0 Å². The number of amides is 1. The number of carbonyl (C=O) groups excluding carboxylic acids is 1. The van der Waals surface area contributed by atoms with Crippen LogP contribution in [0.2, 0.25) is 0 Å². The molecule has 2 fully saturated rings. The molecule has 0 bridgehead atoms. The third-order valence-corrected chi connectivity index (χ3v) is 6.90. The van der Waals surface area contributed by atoms with Gasteiger partial charge in [-0.3, -0.25) is 9.48 Å². The van der Waals surface area contributed by atoms with E-state index in [1.54, 1.807) is 0 Å². The quantitative estimate of drug-likeness (QED) is 0.808. The van der Waals surface area contributed by atoms with Crippen LogP contribution in [0.25, 0.3) is 0 Å². The van der Waals surface area contributed by atoms with Gasteiger partial charge < -0.3 is 10.6 Å². The molecule has 2 heterocycles. The largest absolute Gasteiger partial charge is 0.317 e. The Morgan fingerprint density at radius 1 is 1.42 bits per heavy atom. The summed E-state index contributed by atoms with van der Waals surface area (Å²) in [5.74, 6) is 0.528. The fourth-order valence-electron chi connectivity index (χ4n) is 3.28. The minimum absolute atomic E-state index is 0. The van der Waals surface area contributed by atoms with E-state index < -0.39 is 20.5 Å². The Morgan fingerprint density at radius 2 is 2.04 bits per heavy atom. The van der Waals surface area contributed by atoms with Crippen molar-refractivity contribution in [3.8, 4) is 0 Å². The minimum Gasteiger partial charge on any atom is -0.317 e. The first-order valence-corrected chi connectivity index (χ1v) is 10.1. The third-order valence-electron chi connectivity index (χ3n) is 4.88. The molecule has 24 heavy (non-hydrogen) atoms. The van der Waals surface area contributed by atoms with Crippen molar-refractivity contribution in [2.24, 2.45) is 0 Å². The second kappa shape index (κ2) is 7.01. The molecule has 136 valence electrons. The number of nitrogens with one attached hydrogen (secondary N) is 2. The number of nitrogens with zero attached hydrogens (tertiary/aromatic N) is 2. The summed E-state index contributed by atoms with van der Waals surface area (Å²) in [6.45, 7) is 3.80. The van der Waals surface area contributed by atoms with Gasteiger partial charge in [0.1, 0.15) is 0 Å². The van der Waals surface area contributed by atoms with Gasteiger partial charge in [0.2, 0.25) is 5.91 Å². The van der Waals surface area contributed by atoms with Crippen LogP contribution in [-0.2, 0) is 21.2 Å². The highest BCUT2D eigenvalue weighted by molar-refractivity contribution is 7.92. The highest BCUT2D eigenvalue weighted by atomic mass is 35.5. The van der Waals surface area contributed by atoms with E-state index in [-0.39, 0.29) is 12.4 Å². The molecule has 1 aromatic heterocycles. The van der Waals surface area contributed by atoms with Crippen molar-refractivity contribution in [3.63, 3.8) is 0 Å². The van der Waals surface area contributed by atoms with Crippen molar-refractivity contribution in [2.75, 3.05) is 24.7 Å². The van der Waals surface area contributed by atoms with Crippen LogP contribution in [0.3, 0.4) is 0 Å². The zero-order valence-corrected chi connectivity index (χ0v) is 15.7. The molecule has 0 unspecified atom stereocenters. The standard InChI is InChI=1S/C15H24N4O3S.ClH/c1-3-19-12(11-4-5-11)10-13(18-19)17-14(20)15(23(2,21)22)6-8-16-9-7-15;/h10-11,16H,3-9H2,1-2H3,(H,17,18,20);1H. The Kier molecular flexibility index (Phi) is 5.61. The highest BCUT2D eigenvalue weighted by Gasteiger charge is 2.48. The monoisotopic (exact) mass is 376 g/mol. The van der Waals surface area contributed by atoms with Crippen LogP contribution in [0.15, 0.2) is 6.07 Å². The van der Waals surface area contributed by atoms with E-state index in [1.807, 2.05) is 17.7 Å². The summed E-state index contributed by atoms with van der Waals surface area (Å²) >= 11 is 0. The van der Waals surface area contributed by atoms with Crippen LogP contribution in [0.1, 0.15) is 44.2 Å². The molecule has 7 nitrogen and oxygen atoms in total. The summed E-state index contributed by atoms with van der Waals surface area (Å²) in [5, 5.41) is 10.3. The van der Waals surface area contributed by atoms with Crippen molar-refractivity contribution < 1.29 is 13.2 Å². The molecule has 1 aromatic rings. The molecule has 1 saturated heterocycles. The number of rotatable bonds is 5. The van der Waals surface area contributed by atoms with Crippen molar-refractivity contribution in [2.45, 2.75) is 49.8 Å². The summed E-state index contributed by atoms with van der Waals surface area (Å²) in [4.78, 5) is 12.8. The second-order valence-corrected chi connectivity index (χ2v) is 8.84. The number of aromatic nitrogens is 2. The lowest BCUT2D eigenvalue weighted by Gasteiger charge is -2.34. The number of halogens is 1. The summed E-state index contributed by atoms with van der Waals surface area (Å²) in [7, 11) is -3.51. The van der Waals surface area contributed by atoms with E-state index in [0.29, 0.717) is 37.7 Å². The molecule has 3 rings (SSSR count). The molecule has 9 heteroatoms. The summed E-state index contributed by atoms with van der Waals surface area (Å²) < 4.78 is 25.1. The number of anilines is 1. The van der Waals surface area contributed by atoms with Gasteiger partial charge in [-0.2, -0.15) is 5.10 Å². The summed E-state index contributed by atoms with van der Waals surface area (Å²) in [5.41, 5.74) is 1.13. The Labute approximate surface area is 148 Å². The molecule has 2 aliphatic rings. The molecule has 0 radical (unpaired) electrons. The first kappa shape index (κ1) is 19.2. The lowest BCUT2D eigenvalue weighted by atomic mass is 9.96. The lowest BCUT2D eigenvalue weighted by Crippen LogP contribution is -2.55. The number of hydrogen-bond donors (Lipinski definition) is 2. The fourth-order valence-corrected chi connectivity index (χ4v) is 4.61. The predicted octanol–water partition coefficient (Wildman–Crippen LogP) is 1.31. The molecule has 1 saturated carbocycles. The zero-order valence-electron chi connectivity index (χ0n) is 14.0. The van der Waals surface area contributed by atoms with Crippen molar-refractivity contribution in [1.82, 2.24) is 15.1 Å². The van der Waals surface area contributed by atoms with E-state index in [4.69, 9.17) is 0 Å². The van der Waals surface area contributed by atoms with E-state index in [2.05, 4.69) is 15.7 Å². The van der Waals surface area contributed by atoms with Crippen LogP contribution >= 0.6 is 12.4 Å². The maximum atomic E-state index is 12.8. The number of sulfone groups is 1. The Bertz CT molecular complexity index is 706. The molecule has 2 N–H and O–H groups in total. The van der Waals surface area contributed by atoms with Crippen LogP contribution in [0.5, 0.6) is 0 Å². The van der Waals surface area contributed by atoms with Crippen molar-refractivity contribution >= 4 is 34.0 Å². The number of piperidine rings is 1. The number of aryl methyl sites for hydroxylation is 1.